The van der Waals surface area contributed by atoms with E-state index in [4.69, 9.17) is 5.11 Å². The Morgan fingerprint density at radius 2 is 2.30 bits per heavy atom. The Hall–Kier alpha value is -0.120. The first-order chi connectivity index (χ1) is 4.83. The van der Waals surface area contributed by atoms with Gasteiger partial charge in [-0.05, 0) is 13.0 Å². The minimum absolute atomic E-state index is 0.253. The lowest BCUT2D eigenvalue weighted by atomic mass is 10.0. The van der Waals surface area contributed by atoms with Crippen molar-refractivity contribution in [2.75, 3.05) is 39.8 Å². The molecule has 0 bridgehead atoms. The zero-order valence-corrected chi connectivity index (χ0v) is 6.51. The highest BCUT2D eigenvalue weighted by molar-refractivity contribution is 4.78. The average molecular weight is 144 g/mol. The Kier molecular flexibility index (Phi) is 3.12. The summed E-state index contributed by atoms with van der Waals surface area (Å²) in [4.78, 5) is 2.30. The molecule has 1 heterocycles. The van der Waals surface area contributed by atoms with Gasteiger partial charge in [0.15, 0.2) is 0 Å². The molecule has 0 amide bonds. The van der Waals surface area contributed by atoms with Gasteiger partial charge in [0.1, 0.15) is 0 Å². The molecular weight excluding hydrogens is 128 g/mol. The molecule has 1 fully saturated rings. The normalized spacial score (nSPS) is 21.0. The summed E-state index contributed by atoms with van der Waals surface area (Å²) >= 11 is 0. The van der Waals surface area contributed by atoms with Gasteiger partial charge >= 0.3 is 0 Å². The van der Waals surface area contributed by atoms with E-state index in [-0.39, 0.29) is 6.61 Å². The van der Waals surface area contributed by atoms with Crippen LogP contribution in [0.5, 0.6) is 0 Å². The number of aliphatic hydroxyl groups excluding tert-OH is 1. The van der Waals surface area contributed by atoms with Gasteiger partial charge in [-0.25, -0.2) is 0 Å². The van der Waals surface area contributed by atoms with Crippen LogP contribution in [-0.4, -0.2) is 49.8 Å². The molecule has 0 radical (unpaired) electrons. The fourth-order valence-corrected chi connectivity index (χ4v) is 1.34. The van der Waals surface area contributed by atoms with Gasteiger partial charge in [-0.3, -0.25) is 0 Å². The minimum atomic E-state index is 0.253. The van der Waals surface area contributed by atoms with Gasteiger partial charge in [0, 0.05) is 26.2 Å². The van der Waals surface area contributed by atoms with Crippen molar-refractivity contribution in [3.05, 3.63) is 0 Å². The van der Waals surface area contributed by atoms with Crippen LogP contribution in [0.4, 0.5) is 0 Å². The van der Waals surface area contributed by atoms with Crippen molar-refractivity contribution in [2.24, 2.45) is 5.92 Å². The van der Waals surface area contributed by atoms with Crippen molar-refractivity contribution in [3.8, 4) is 0 Å². The zero-order valence-electron chi connectivity index (χ0n) is 6.51. The zero-order chi connectivity index (χ0) is 7.40. The average Bonchev–Trinajstić information content (AvgIpc) is 1.85. The molecule has 10 heavy (non-hydrogen) atoms. The molecule has 0 saturated carbocycles. The maximum atomic E-state index is 8.45. The molecular formula is C7H16N2O. The Bertz CT molecular complexity index is 91.6. The van der Waals surface area contributed by atoms with Gasteiger partial charge < -0.3 is 15.3 Å². The molecule has 0 aromatic heterocycles. The van der Waals surface area contributed by atoms with Crippen LogP contribution in [0.25, 0.3) is 0 Å². The fraction of sp³-hybridized carbons (Fsp3) is 1.00. The van der Waals surface area contributed by atoms with Gasteiger partial charge in [-0.2, -0.15) is 0 Å². The van der Waals surface area contributed by atoms with E-state index in [1.165, 1.54) is 13.1 Å². The molecule has 1 aliphatic rings. The van der Waals surface area contributed by atoms with E-state index in [0.717, 1.165) is 19.0 Å². The monoisotopic (exact) mass is 144 g/mol. The molecule has 0 aromatic rings. The smallest absolute Gasteiger partial charge is 0.0555 e. The second-order valence-electron chi connectivity index (χ2n) is 3.01. The third-order valence-electron chi connectivity index (χ3n) is 1.86. The molecule has 2 N–H and O–H groups in total. The third-order valence-corrected chi connectivity index (χ3v) is 1.86. The predicted molar refractivity (Wildman–Crippen MR) is 40.9 cm³/mol. The van der Waals surface area contributed by atoms with Gasteiger partial charge in [0.2, 0.25) is 0 Å². The Balaban J connectivity index is 1.86. The number of nitrogens with one attached hydrogen (secondary N) is 1. The minimum Gasteiger partial charge on any atom is -0.395 e. The quantitative estimate of drug-likeness (QED) is 0.503. The van der Waals surface area contributed by atoms with Crippen LogP contribution in [0, 0.1) is 5.92 Å². The largest absolute Gasteiger partial charge is 0.395 e. The van der Waals surface area contributed by atoms with Crippen molar-refractivity contribution in [2.45, 2.75) is 0 Å². The number of aliphatic hydroxyl groups is 1. The lowest BCUT2D eigenvalue weighted by molar-refractivity contribution is 0.131. The molecule has 1 saturated heterocycles. The molecule has 3 nitrogen and oxygen atoms in total. The molecule has 0 atom stereocenters. The highest BCUT2D eigenvalue weighted by Gasteiger charge is 2.21. The molecule has 0 unspecified atom stereocenters. The van der Waals surface area contributed by atoms with E-state index < -0.39 is 0 Å². The van der Waals surface area contributed by atoms with Crippen LogP contribution in [0.1, 0.15) is 0 Å². The van der Waals surface area contributed by atoms with Crippen molar-refractivity contribution in [1.82, 2.24) is 10.2 Å². The second-order valence-corrected chi connectivity index (χ2v) is 3.01. The van der Waals surface area contributed by atoms with E-state index in [1.54, 1.807) is 0 Å². The summed E-state index contributed by atoms with van der Waals surface area (Å²) in [5.74, 6) is 0.816. The number of likely N-dealkylation sites (tertiary alicyclic amines) is 1. The highest BCUT2D eigenvalue weighted by atomic mass is 16.3. The topological polar surface area (TPSA) is 35.5 Å². The number of nitrogens with zero attached hydrogens (tertiary/aromatic N) is 1. The second kappa shape index (κ2) is 3.91. The Labute approximate surface area is 62.0 Å². The van der Waals surface area contributed by atoms with Crippen LogP contribution >= 0.6 is 0 Å². The van der Waals surface area contributed by atoms with Crippen molar-refractivity contribution < 1.29 is 5.11 Å². The van der Waals surface area contributed by atoms with E-state index in [9.17, 15) is 0 Å². The van der Waals surface area contributed by atoms with E-state index in [0.29, 0.717) is 0 Å². The standard InChI is InChI=1S/C7H16N2O/c1-9-5-7(6-9)4-8-2-3-10/h7-8,10H,2-6H2,1H3. The van der Waals surface area contributed by atoms with Crippen LogP contribution in [-0.2, 0) is 0 Å². The van der Waals surface area contributed by atoms with Crippen LogP contribution in [0.3, 0.4) is 0 Å². The van der Waals surface area contributed by atoms with Gasteiger partial charge in [-0.1, -0.05) is 0 Å². The maximum Gasteiger partial charge on any atom is 0.0555 e. The summed E-state index contributed by atoms with van der Waals surface area (Å²) in [6, 6.07) is 0. The van der Waals surface area contributed by atoms with Crippen molar-refractivity contribution in [3.63, 3.8) is 0 Å². The molecule has 0 aliphatic carbocycles. The first-order valence-electron chi connectivity index (χ1n) is 3.83. The number of rotatable bonds is 4. The lowest BCUT2D eigenvalue weighted by Crippen LogP contribution is -2.48. The summed E-state index contributed by atoms with van der Waals surface area (Å²) in [6.07, 6.45) is 0. The molecule has 1 rings (SSSR count). The molecule has 0 aromatic carbocycles. The number of hydrogen-bond donors (Lipinski definition) is 2. The molecule has 1 aliphatic heterocycles. The Morgan fingerprint density at radius 3 is 2.80 bits per heavy atom. The van der Waals surface area contributed by atoms with Crippen LogP contribution in [0.2, 0.25) is 0 Å². The molecule has 3 heteroatoms. The number of hydrogen-bond acceptors (Lipinski definition) is 3. The van der Waals surface area contributed by atoms with Crippen LogP contribution in [0.15, 0.2) is 0 Å². The summed E-state index contributed by atoms with van der Waals surface area (Å²) in [5.41, 5.74) is 0. The summed E-state index contributed by atoms with van der Waals surface area (Å²) in [7, 11) is 2.13. The Morgan fingerprint density at radius 1 is 1.60 bits per heavy atom. The first-order valence-corrected chi connectivity index (χ1v) is 3.83. The van der Waals surface area contributed by atoms with Gasteiger partial charge in [0.25, 0.3) is 0 Å². The SMILES string of the molecule is CN1CC(CNCCO)C1. The van der Waals surface area contributed by atoms with E-state index in [1.807, 2.05) is 0 Å². The molecule has 60 valence electrons. The predicted octanol–water partition coefficient (Wildman–Crippen LogP) is -0.870. The lowest BCUT2D eigenvalue weighted by Gasteiger charge is -2.36. The fourth-order valence-electron chi connectivity index (χ4n) is 1.34. The van der Waals surface area contributed by atoms with E-state index in [2.05, 4.69) is 17.3 Å². The van der Waals surface area contributed by atoms with E-state index >= 15 is 0 Å². The summed E-state index contributed by atoms with van der Waals surface area (Å²) in [6.45, 7) is 4.46. The van der Waals surface area contributed by atoms with Crippen LogP contribution < -0.4 is 5.32 Å². The first kappa shape index (κ1) is 7.98. The maximum absolute atomic E-state index is 8.45. The van der Waals surface area contributed by atoms with Crippen molar-refractivity contribution >= 4 is 0 Å². The summed E-state index contributed by atoms with van der Waals surface area (Å²) in [5, 5.41) is 11.6. The van der Waals surface area contributed by atoms with Gasteiger partial charge in [0.05, 0.1) is 6.61 Å². The third kappa shape index (κ3) is 2.25. The van der Waals surface area contributed by atoms with Crippen molar-refractivity contribution in [1.29, 1.82) is 0 Å². The summed E-state index contributed by atoms with van der Waals surface area (Å²) < 4.78 is 0. The van der Waals surface area contributed by atoms with Gasteiger partial charge in [-0.15, -0.1) is 0 Å². The highest BCUT2D eigenvalue weighted by Crippen LogP contribution is 2.10. The molecule has 0 spiro atoms.